The molecular formula is C8H15ClHgO3. The van der Waals surface area contributed by atoms with E-state index in [1.54, 1.807) is 7.11 Å². The number of hydrogen-bond acceptors (Lipinski definition) is 3. The SMILES string of the molecule is CO[C@@H]1CCOC1[C@@H](CO)[CH2][Hg][Cl]. The van der Waals surface area contributed by atoms with E-state index in [4.69, 9.17) is 17.7 Å². The van der Waals surface area contributed by atoms with Crippen molar-refractivity contribution in [3.05, 3.63) is 0 Å². The van der Waals surface area contributed by atoms with Gasteiger partial charge < -0.3 is 0 Å². The average molecular weight is 395 g/mol. The van der Waals surface area contributed by atoms with Gasteiger partial charge in [0.05, 0.1) is 0 Å². The van der Waals surface area contributed by atoms with Crippen molar-refractivity contribution in [1.29, 1.82) is 0 Å². The van der Waals surface area contributed by atoms with E-state index in [-0.39, 0.29) is 24.7 Å². The molecule has 3 atom stereocenters. The molecule has 0 bridgehead atoms. The number of ether oxygens (including phenoxy) is 2. The third-order valence-electron chi connectivity index (χ3n) is 2.56. The monoisotopic (exact) mass is 396 g/mol. The van der Waals surface area contributed by atoms with Crippen LogP contribution in [0.3, 0.4) is 0 Å². The zero-order chi connectivity index (χ0) is 9.68. The molecule has 0 amide bonds. The molecule has 1 saturated heterocycles. The number of aliphatic hydroxyl groups excluding tert-OH is 1. The van der Waals surface area contributed by atoms with Crippen LogP contribution in [0.1, 0.15) is 6.42 Å². The van der Waals surface area contributed by atoms with E-state index >= 15 is 0 Å². The summed E-state index contributed by atoms with van der Waals surface area (Å²) in [5.41, 5.74) is 0. The molecule has 0 aromatic rings. The summed E-state index contributed by atoms with van der Waals surface area (Å²) in [7, 11) is 7.56. The predicted octanol–water partition coefficient (Wildman–Crippen LogP) is 1.05. The van der Waals surface area contributed by atoms with Crippen LogP contribution in [-0.4, -0.2) is 37.6 Å². The standard InChI is InChI=1S/C8H15O3.ClH.Hg/c1-6(5-9)8-7(10-2)3-4-11-8;;/h6-9H,1,3-5H2,2H3;1H;/q;;+1/p-1/t6-,7-,8?;;/m1../s1. The molecule has 1 aliphatic rings. The fourth-order valence-electron chi connectivity index (χ4n) is 1.78. The summed E-state index contributed by atoms with van der Waals surface area (Å²) >= 11 is -1.19. The Bertz CT molecular complexity index is 147. The first kappa shape index (κ1) is 12.2. The second kappa shape index (κ2) is 6.56. The van der Waals surface area contributed by atoms with Crippen molar-refractivity contribution in [2.75, 3.05) is 20.3 Å². The Morgan fingerprint density at radius 3 is 3.08 bits per heavy atom. The van der Waals surface area contributed by atoms with Crippen LogP contribution >= 0.6 is 8.25 Å². The van der Waals surface area contributed by atoms with Crippen LogP contribution in [0.25, 0.3) is 0 Å². The second-order valence-electron chi connectivity index (χ2n) is 3.32. The van der Waals surface area contributed by atoms with E-state index < -0.39 is 23.3 Å². The first-order chi connectivity index (χ1) is 6.33. The fourth-order valence-corrected chi connectivity index (χ4v) is 7.32. The minimum absolute atomic E-state index is 0.0775. The maximum absolute atomic E-state index is 9.17. The molecular weight excluding hydrogens is 380 g/mol. The Labute approximate surface area is 94.6 Å². The third-order valence-corrected chi connectivity index (χ3v) is 8.21. The normalized spacial score (nSPS) is 30.1. The molecule has 0 spiro atoms. The van der Waals surface area contributed by atoms with Gasteiger partial charge in [-0.3, -0.25) is 0 Å². The molecule has 1 fully saturated rings. The van der Waals surface area contributed by atoms with Gasteiger partial charge in [-0.1, -0.05) is 0 Å². The molecule has 1 N–H and O–H groups in total. The van der Waals surface area contributed by atoms with Gasteiger partial charge in [0.15, 0.2) is 0 Å². The average Bonchev–Trinajstić information content (AvgIpc) is 2.61. The van der Waals surface area contributed by atoms with Crippen LogP contribution in [0.2, 0.25) is 3.93 Å². The summed E-state index contributed by atoms with van der Waals surface area (Å²) in [6.07, 6.45) is 1.18. The molecule has 13 heavy (non-hydrogen) atoms. The molecule has 5 heteroatoms. The van der Waals surface area contributed by atoms with Crippen molar-refractivity contribution in [2.45, 2.75) is 22.6 Å². The Morgan fingerprint density at radius 2 is 2.54 bits per heavy atom. The van der Waals surface area contributed by atoms with Gasteiger partial charge in [0, 0.05) is 0 Å². The quantitative estimate of drug-likeness (QED) is 0.708. The Morgan fingerprint density at radius 1 is 1.77 bits per heavy atom. The number of hydrogen-bond donors (Lipinski definition) is 1. The van der Waals surface area contributed by atoms with Crippen molar-refractivity contribution in [1.82, 2.24) is 0 Å². The van der Waals surface area contributed by atoms with Crippen molar-refractivity contribution >= 4 is 8.25 Å². The molecule has 1 unspecified atom stereocenters. The van der Waals surface area contributed by atoms with Gasteiger partial charge in [-0.25, -0.2) is 0 Å². The van der Waals surface area contributed by atoms with Crippen LogP contribution in [0.4, 0.5) is 0 Å². The van der Waals surface area contributed by atoms with E-state index in [1.165, 1.54) is 0 Å². The molecule has 1 aliphatic heterocycles. The fraction of sp³-hybridized carbons (Fsp3) is 1.00. The third kappa shape index (κ3) is 3.31. The van der Waals surface area contributed by atoms with Crippen molar-refractivity contribution in [3.8, 4) is 0 Å². The van der Waals surface area contributed by atoms with Crippen LogP contribution < -0.4 is 0 Å². The van der Waals surface area contributed by atoms with Crippen molar-refractivity contribution < 1.29 is 37.9 Å². The van der Waals surface area contributed by atoms with Crippen LogP contribution in [0, 0.1) is 5.92 Å². The van der Waals surface area contributed by atoms with Gasteiger partial charge in [0.1, 0.15) is 0 Å². The van der Waals surface area contributed by atoms with Gasteiger partial charge in [0.2, 0.25) is 0 Å². The van der Waals surface area contributed by atoms with E-state index in [0.717, 1.165) is 17.0 Å². The maximum atomic E-state index is 9.17. The summed E-state index contributed by atoms with van der Waals surface area (Å²) in [6, 6.07) is 0. The first-order valence-corrected chi connectivity index (χ1v) is 15.3. The van der Waals surface area contributed by atoms with Gasteiger partial charge in [-0.05, 0) is 0 Å². The van der Waals surface area contributed by atoms with Gasteiger partial charge in [-0.15, -0.1) is 0 Å². The molecule has 1 rings (SSSR count). The van der Waals surface area contributed by atoms with Crippen LogP contribution in [0.5, 0.6) is 0 Å². The second-order valence-corrected chi connectivity index (χ2v) is 10.3. The van der Waals surface area contributed by atoms with E-state index in [0.29, 0.717) is 0 Å². The molecule has 0 aliphatic carbocycles. The molecule has 0 aromatic carbocycles. The van der Waals surface area contributed by atoms with E-state index in [1.807, 2.05) is 0 Å². The van der Waals surface area contributed by atoms with Crippen LogP contribution in [0.15, 0.2) is 0 Å². The zero-order valence-electron chi connectivity index (χ0n) is 7.91. The first-order valence-electron chi connectivity index (χ1n) is 4.64. The van der Waals surface area contributed by atoms with Crippen molar-refractivity contribution in [3.63, 3.8) is 0 Å². The topological polar surface area (TPSA) is 38.7 Å². The molecule has 3 nitrogen and oxygen atoms in total. The summed E-state index contributed by atoms with van der Waals surface area (Å²) in [6.45, 7) is 0.927. The van der Waals surface area contributed by atoms with Gasteiger partial charge >= 0.3 is 95.0 Å². The number of rotatable bonds is 5. The van der Waals surface area contributed by atoms with Gasteiger partial charge in [0.25, 0.3) is 0 Å². The summed E-state index contributed by atoms with van der Waals surface area (Å²) in [4.78, 5) is 0. The van der Waals surface area contributed by atoms with Crippen LogP contribution in [-0.2, 0) is 32.8 Å². The number of halogens is 1. The molecule has 0 aromatic heterocycles. The molecule has 74 valence electrons. The predicted molar refractivity (Wildman–Crippen MR) is 46.4 cm³/mol. The van der Waals surface area contributed by atoms with Crippen molar-refractivity contribution in [2.24, 2.45) is 5.92 Å². The molecule has 0 saturated carbocycles. The molecule has 0 radical (unpaired) electrons. The Kier molecular flexibility index (Phi) is 6.15. The molecule has 1 heterocycles. The van der Waals surface area contributed by atoms with E-state index in [9.17, 15) is 5.11 Å². The minimum atomic E-state index is -1.19. The summed E-state index contributed by atoms with van der Waals surface area (Å²) in [5, 5.41) is 9.17. The number of methoxy groups -OCH3 is 1. The zero-order valence-corrected chi connectivity index (χ0v) is 14.2. The summed E-state index contributed by atoms with van der Waals surface area (Å²) < 4.78 is 11.9. The number of aliphatic hydroxyl groups is 1. The Balaban J connectivity index is 2.46. The van der Waals surface area contributed by atoms with Gasteiger partial charge in [-0.2, -0.15) is 0 Å². The summed E-state index contributed by atoms with van der Waals surface area (Å²) in [5.74, 6) is 0.214. The van der Waals surface area contributed by atoms with E-state index in [2.05, 4.69) is 0 Å². The Hall–Kier alpha value is 1.11.